The van der Waals surface area contributed by atoms with E-state index in [0.717, 1.165) is 49.2 Å². The minimum Gasteiger partial charge on any atom is -0.497 e. The number of anilines is 1. The lowest BCUT2D eigenvalue weighted by Crippen LogP contribution is -2.56. The number of carbonyl (C=O) groups excluding carboxylic acids is 1. The number of methoxy groups -OCH3 is 1. The first-order chi connectivity index (χ1) is 14.1. The zero-order valence-corrected chi connectivity index (χ0v) is 16.7. The summed E-state index contributed by atoms with van der Waals surface area (Å²) < 4.78 is 18.3. The Hall–Kier alpha value is -2.60. The molecule has 2 bridgehead atoms. The second kappa shape index (κ2) is 8.82. The molecule has 5 nitrogen and oxygen atoms in total. The van der Waals surface area contributed by atoms with Crippen LogP contribution in [0.2, 0.25) is 0 Å². The van der Waals surface area contributed by atoms with Crippen molar-refractivity contribution in [3.05, 3.63) is 59.9 Å². The van der Waals surface area contributed by atoms with Gasteiger partial charge in [-0.15, -0.1) is 0 Å². The minimum absolute atomic E-state index is 0.162. The van der Waals surface area contributed by atoms with Gasteiger partial charge in [0.05, 0.1) is 7.11 Å². The van der Waals surface area contributed by atoms with Crippen molar-refractivity contribution in [3.63, 3.8) is 0 Å². The zero-order valence-electron chi connectivity index (χ0n) is 16.7. The summed E-state index contributed by atoms with van der Waals surface area (Å²) in [6, 6.07) is 15.1. The molecule has 6 heteroatoms. The molecule has 29 heavy (non-hydrogen) atoms. The molecule has 2 aliphatic heterocycles. The normalized spacial score (nSPS) is 24.0. The van der Waals surface area contributed by atoms with Crippen molar-refractivity contribution >= 4 is 11.7 Å². The maximum Gasteiger partial charge on any atom is 0.319 e. The Kier molecular flexibility index (Phi) is 6.00. The average molecular weight is 397 g/mol. The first kappa shape index (κ1) is 19.7. The van der Waals surface area contributed by atoms with Gasteiger partial charge >= 0.3 is 6.03 Å². The van der Waals surface area contributed by atoms with Crippen LogP contribution in [0.3, 0.4) is 0 Å². The number of carbonyl (C=O) groups is 1. The Morgan fingerprint density at radius 3 is 2.34 bits per heavy atom. The Morgan fingerprint density at radius 1 is 1.07 bits per heavy atom. The summed E-state index contributed by atoms with van der Waals surface area (Å²) in [5.74, 6) is 0.567. The van der Waals surface area contributed by atoms with Crippen LogP contribution in [0, 0.1) is 5.82 Å². The maximum atomic E-state index is 13.2. The molecule has 2 aromatic rings. The van der Waals surface area contributed by atoms with Crippen LogP contribution in [0.25, 0.3) is 0 Å². The number of fused-ring (bicyclic) bond motifs is 2. The zero-order chi connectivity index (χ0) is 20.2. The van der Waals surface area contributed by atoms with Gasteiger partial charge in [-0.05, 0) is 67.6 Å². The first-order valence-corrected chi connectivity index (χ1v) is 10.3. The Bertz CT molecular complexity index is 811. The first-order valence-electron chi connectivity index (χ1n) is 10.3. The van der Waals surface area contributed by atoms with Crippen molar-refractivity contribution in [3.8, 4) is 5.75 Å². The van der Waals surface area contributed by atoms with Crippen LogP contribution < -0.4 is 15.4 Å². The standard InChI is InChI=1S/C23H28FN3O2/c1-29-22-11-9-18(10-12-22)25-23(28)26-19-13-20-3-2-4-21(14-19)27(20)15-16-5-7-17(24)8-6-16/h5-12,19-21H,2-4,13-15H2,1H3,(H2,25,26,28). The van der Waals surface area contributed by atoms with Gasteiger partial charge in [0.2, 0.25) is 0 Å². The number of piperidine rings is 2. The smallest absolute Gasteiger partial charge is 0.319 e. The van der Waals surface area contributed by atoms with Crippen molar-refractivity contribution in [2.75, 3.05) is 12.4 Å². The molecule has 0 spiro atoms. The van der Waals surface area contributed by atoms with E-state index in [-0.39, 0.29) is 17.9 Å². The predicted molar refractivity (Wildman–Crippen MR) is 112 cm³/mol. The minimum atomic E-state index is -0.195. The van der Waals surface area contributed by atoms with E-state index in [9.17, 15) is 9.18 Å². The molecule has 2 unspecified atom stereocenters. The lowest BCUT2D eigenvalue weighted by Gasteiger charge is -2.49. The number of halogens is 1. The van der Waals surface area contributed by atoms with Crippen LogP contribution in [0.5, 0.6) is 5.75 Å². The number of nitrogens with zero attached hydrogens (tertiary/aromatic N) is 1. The fourth-order valence-corrected chi connectivity index (χ4v) is 4.68. The van der Waals surface area contributed by atoms with Gasteiger partial charge in [-0.3, -0.25) is 4.90 Å². The fraction of sp³-hybridized carbons (Fsp3) is 0.435. The summed E-state index contributed by atoms with van der Waals surface area (Å²) in [6.45, 7) is 0.848. The van der Waals surface area contributed by atoms with Gasteiger partial charge < -0.3 is 15.4 Å². The van der Waals surface area contributed by atoms with E-state index in [4.69, 9.17) is 4.74 Å². The molecule has 0 aliphatic carbocycles. The third-order valence-electron chi connectivity index (χ3n) is 6.09. The number of amides is 2. The Morgan fingerprint density at radius 2 is 1.72 bits per heavy atom. The second-order valence-electron chi connectivity index (χ2n) is 8.03. The Labute approximate surface area is 171 Å². The van der Waals surface area contributed by atoms with E-state index in [2.05, 4.69) is 15.5 Å². The molecule has 2 amide bonds. The number of benzene rings is 2. The van der Waals surface area contributed by atoms with Crippen molar-refractivity contribution in [1.82, 2.24) is 10.2 Å². The van der Waals surface area contributed by atoms with E-state index in [1.807, 2.05) is 36.4 Å². The van der Waals surface area contributed by atoms with Gasteiger partial charge in [0.15, 0.2) is 0 Å². The van der Waals surface area contributed by atoms with E-state index in [1.54, 1.807) is 7.11 Å². The number of rotatable bonds is 5. The number of hydrogen-bond donors (Lipinski definition) is 2. The van der Waals surface area contributed by atoms with E-state index in [1.165, 1.54) is 18.6 Å². The topological polar surface area (TPSA) is 53.6 Å². The van der Waals surface area contributed by atoms with Crippen molar-refractivity contribution in [2.24, 2.45) is 0 Å². The molecule has 2 aromatic carbocycles. The SMILES string of the molecule is COc1ccc(NC(=O)NC2CC3CCCC(C2)N3Cc2ccc(F)cc2)cc1. The maximum absolute atomic E-state index is 13.2. The quantitative estimate of drug-likeness (QED) is 0.779. The van der Waals surface area contributed by atoms with Crippen LogP contribution in [0.1, 0.15) is 37.7 Å². The highest BCUT2D eigenvalue weighted by atomic mass is 19.1. The lowest BCUT2D eigenvalue weighted by atomic mass is 9.81. The highest BCUT2D eigenvalue weighted by Gasteiger charge is 2.38. The number of ether oxygens (including phenoxy) is 1. The summed E-state index contributed by atoms with van der Waals surface area (Å²) >= 11 is 0. The van der Waals surface area contributed by atoms with Gasteiger partial charge in [-0.25, -0.2) is 9.18 Å². The Balaban J connectivity index is 1.34. The molecule has 2 saturated heterocycles. The van der Waals surface area contributed by atoms with Crippen LogP contribution in [0.15, 0.2) is 48.5 Å². The predicted octanol–water partition coefficient (Wildman–Crippen LogP) is 4.54. The van der Waals surface area contributed by atoms with Crippen molar-refractivity contribution < 1.29 is 13.9 Å². The molecular weight excluding hydrogens is 369 g/mol. The third-order valence-corrected chi connectivity index (χ3v) is 6.09. The largest absolute Gasteiger partial charge is 0.497 e. The molecule has 154 valence electrons. The van der Waals surface area contributed by atoms with Gasteiger partial charge in [-0.2, -0.15) is 0 Å². The second-order valence-corrected chi connectivity index (χ2v) is 8.03. The van der Waals surface area contributed by atoms with Gasteiger partial charge in [0.25, 0.3) is 0 Å². The summed E-state index contributed by atoms with van der Waals surface area (Å²) in [5, 5.41) is 6.07. The highest BCUT2D eigenvalue weighted by molar-refractivity contribution is 5.89. The molecule has 2 fully saturated rings. The van der Waals surface area contributed by atoms with Crippen LogP contribution >= 0.6 is 0 Å². The monoisotopic (exact) mass is 397 g/mol. The molecule has 0 aromatic heterocycles. The molecule has 2 aliphatic rings. The van der Waals surface area contributed by atoms with E-state index < -0.39 is 0 Å². The third kappa shape index (κ3) is 4.88. The van der Waals surface area contributed by atoms with Crippen LogP contribution in [-0.2, 0) is 6.54 Å². The van der Waals surface area contributed by atoms with Crippen LogP contribution in [0.4, 0.5) is 14.9 Å². The van der Waals surface area contributed by atoms with Gasteiger partial charge in [0, 0.05) is 30.4 Å². The van der Waals surface area contributed by atoms with E-state index in [0.29, 0.717) is 12.1 Å². The van der Waals surface area contributed by atoms with Gasteiger partial charge in [0.1, 0.15) is 11.6 Å². The number of hydrogen-bond acceptors (Lipinski definition) is 3. The summed E-state index contributed by atoms with van der Waals surface area (Å²) in [7, 11) is 1.62. The van der Waals surface area contributed by atoms with E-state index >= 15 is 0 Å². The fourth-order valence-electron chi connectivity index (χ4n) is 4.68. The lowest BCUT2D eigenvalue weighted by molar-refractivity contribution is 0.0200. The molecule has 2 atom stereocenters. The molecule has 2 N–H and O–H groups in total. The molecule has 2 heterocycles. The van der Waals surface area contributed by atoms with Crippen LogP contribution in [-0.4, -0.2) is 36.2 Å². The highest BCUT2D eigenvalue weighted by Crippen LogP contribution is 2.35. The van der Waals surface area contributed by atoms with Gasteiger partial charge in [-0.1, -0.05) is 18.6 Å². The molecule has 0 saturated carbocycles. The summed E-state index contributed by atoms with van der Waals surface area (Å²) in [5.41, 5.74) is 1.89. The summed E-state index contributed by atoms with van der Waals surface area (Å²) in [4.78, 5) is 15.0. The number of nitrogens with one attached hydrogen (secondary N) is 2. The van der Waals surface area contributed by atoms with Crippen molar-refractivity contribution in [2.45, 2.75) is 56.8 Å². The molecule has 0 radical (unpaired) electrons. The summed E-state index contributed by atoms with van der Waals surface area (Å²) in [6.07, 6.45) is 5.44. The van der Waals surface area contributed by atoms with Crippen molar-refractivity contribution in [1.29, 1.82) is 0 Å². The molecule has 4 rings (SSSR count). The molecular formula is C23H28FN3O2. The average Bonchev–Trinajstić information content (AvgIpc) is 2.71. The number of urea groups is 1.